The van der Waals surface area contributed by atoms with Crippen LogP contribution in [0.3, 0.4) is 0 Å². The molecule has 1 aliphatic heterocycles. The zero-order chi connectivity index (χ0) is 20.2. The number of rotatable bonds is 6. The van der Waals surface area contributed by atoms with Gasteiger partial charge in [0.15, 0.2) is 6.61 Å². The number of nitrogens with zero attached hydrogens (tertiary/aromatic N) is 2. The van der Waals surface area contributed by atoms with Gasteiger partial charge in [-0.15, -0.1) is 0 Å². The van der Waals surface area contributed by atoms with Gasteiger partial charge >= 0.3 is 12.1 Å². The Morgan fingerprint density at radius 1 is 1.41 bits per heavy atom. The lowest BCUT2D eigenvalue weighted by atomic mass is 10.1. The molecule has 1 aliphatic rings. The SMILES string of the molecule is O=C(O)CC1CN(C(=O)c2cc(OCC(F)(F)F)ccc2[N+](=O)[O-])CCO1. The molecule has 1 amide bonds. The molecule has 2 rings (SSSR count). The molecule has 0 bridgehead atoms. The lowest BCUT2D eigenvalue weighted by Gasteiger charge is -2.32. The summed E-state index contributed by atoms with van der Waals surface area (Å²) in [6.45, 7) is -1.64. The highest BCUT2D eigenvalue weighted by atomic mass is 19.4. The second-order valence-electron chi connectivity index (χ2n) is 5.68. The van der Waals surface area contributed by atoms with Crippen LogP contribution in [-0.4, -0.2) is 65.4 Å². The first-order chi connectivity index (χ1) is 12.6. The fourth-order valence-electron chi connectivity index (χ4n) is 2.49. The number of carboxylic acid groups (broad SMARTS) is 1. The van der Waals surface area contributed by atoms with Crippen molar-refractivity contribution in [3.8, 4) is 5.75 Å². The van der Waals surface area contributed by atoms with Crippen LogP contribution < -0.4 is 4.74 Å². The molecule has 1 fully saturated rings. The van der Waals surface area contributed by atoms with Gasteiger partial charge in [-0.3, -0.25) is 19.7 Å². The van der Waals surface area contributed by atoms with E-state index in [4.69, 9.17) is 9.84 Å². The summed E-state index contributed by atoms with van der Waals surface area (Å²) in [5.41, 5.74) is -1.05. The van der Waals surface area contributed by atoms with Crippen molar-refractivity contribution in [3.05, 3.63) is 33.9 Å². The van der Waals surface area contributed by atoms with Crippen LogP contribution in [0.4, 0.5) is 18.9 Å². The average molecular weight is 392 g/mol. The van der Waals surface area contributed by atoms with Crippen LogP contribution in [0.2, 0.25) is 0 Å². The molecule has 9 nitrogen and oxygen atoms in total. The first-order valence-corrected chi connectivity index (χ1v) is 7.67. The van der Waals surface area contributed by atoms with Crippen molar-refractivity contribution in [2.75, 3.05) is 26.3 Å². The molecule has 0 radical (unpaired) electrons. The Hall–Kier alpha value is -2.89. The topological polar surface area (TPSA) is 119 Å². The second kappa shape index (κ2) is 8.20. The predicted molar refractivity (Wildman–Crippen MR) is 82.5 cm³/mol. The summed E-state index contributed by atoms with van der Waals surface area (Å²) >= 11 is 0. The first kappa shape index (κ1) is 20.4. The summed E-state index contributed by atoms with van der Waals surface area (Å²) in [7, 11) is 0. The molecule has 1 saturated heterocycles. The van der Waals surface area contributed by atoms with Crippen molar-refractivity contribution in [2.24, 2.45) is 0 Å². The molecular weight excluding hydrogens is 377 g/mol. The van der Waals surface area contributed by atoms with Crippen LogP contribution in [0, 0.1) is 10.1 Å². The van der Waals surface area contributed by atoms with E-state index in [0.717, 1.165) is 23.1 Å². The van der Waals surface area contributed by atoms with Crippen LogP contribution in [0.5, 0.6) is 5.75 Å². The summed E-state index contributed by atoms with van der Waals surface area (Å²) in [5.74, 6) is -2.31. The van der Waals surface area contributed by atoms with E-state index < -0.39 is 46.9 Å². The molecule has 0 aromatic heterocycles. The lowest BCUT2D eigenvalue weighted by Crippen LogP contribution is -2.46. The number of amides is 1. The number of alkyl halides is 3. The van der Waals surface area contributed by atoms with Crippen LogP contribution in [-0.2, 0) is 9.53 Å². The molecule has 1 aromatic rings. The van der Waals surface area contributed by atoms with Crippen molar-refractivity contribution in [1.29, 1.82) is 0 Å². The van der Waals surface area contributed by atoms with Gasteiger partial charge in [0.1, 0.15) is 11.3 Å². The molecule has 1 aromatic carbocycles. The number of carbonyl (C=O) groups is 2. The molecule has 27 heavy (non-hydrogen) atoms. The van der Waals surface area contributed by atoms with Crippen molar-refractivity contribution in [1.82, 2.24) is 4.90 Å². The molecule has 12 heteroatoms. The van der Waals surface area contributed by atoms with Gasteiger partial charge in [0.05, 0.1) is 24.1 Å². The molecule has 0 aliphatic carbocycles. The van der Waals surface area contributed by atoms with E-state index in [1.807, 2.05) is 0 Å². The number of nitro benzene ring substituents is 1. The van der Waals surface area contributed by atoms with Crippen molar-refractivity contribution >= 4 is 17.6 Å². The Kier molecular flexibility index (Phi) is 6.20. The molecule has 0 spiro atoms. The van der Waals surface area contributed by atoms with E-state index in [-0.39, 0.29) is 31.9 Å². The van der Waals surface area contributed by atoms with Gasteiger partial charge in [-0.05, 0) is 12.1 Å². The largest absolute Gasteiger partial charge is 0.484 e. The second-order valence-corrected chi connectivity index (χ2v) is 5.68. The highest BCUT2D eigenvalue weighted by molar-refractivity contribution is 5.98. The van der Waals surface area contributed by atoms with E-state index in [1.165, 1.54) is 0 Å². The van der Waals surface area contributed by atoms with Gasteiger partial charge in [-0.2, -0.15) is 13.2 Å². The van der Waals surface area contributed by atoms with Crippen LogP contribution in [0.25, 0.3) is 0 Å². The van der Waals surface area contributed by atoms with Gasteiger partial charge in [-0.25, -0.2) is 0 Å². The number of morpholine rings is 1. The highest BCUT2D eigenvalue weighted by Gasteiger charge is 2.32. The van der Waals surface area contributed by atoms with Crippen LogP contribution in [0.1, 0.15) is 16.8 Å². The number of halogens is 3. The van der Waals surface area contributed by atoms with E-state index in [9.17, 15) is 32.9 Å². The molecule has 1 heterocycles. The smallest absolute Gasteiger partial charge is 0.422 e. The number of aliphatic carboxylic acids is 1. The van der Waals surface area contributed by atoms with Crippen LogP contribution in [0.15, 0.2) is 18.2 Å². The van der Waals surface area contributed by atoms with Gasteiger partial charge in [0.25, 0.3) is 11.6 Å². The summed E-state index contributed by atoms with van der Waals surface area (Å²) in [6.07, 6.45) is -5.76. The fraction of sp³-hybridized carbons (Fsp3) is 0.467. The number of carboxylic acids is 1. The molecule has 148 valence electrons. The van der Waals surface area contributed by atoms with Crippen molar-refractivity contribution in [2.45, 2.75) is 18.7 Å². The number of benzene rings is 1. The fourth-order valence-corrected chi connectivity index (χ4v) is 2.49. The third-order valence-electron chi connectivity index (χ3n) is 3.63. The Balaban J connectivity index is 2.24. The van der Waals surface area contributed by atoms with E-state index in [2.05, 4.69) is 4.74 Å². The van der Waals surface area contributed by atoms with Crippen molar-refractivity contribution < 1.29 is 42.3 Å². The minimum atomic E-state index is -4.61. The first-order valence-electron chi connectivity index (χ1n) is 7.67. The number of nitro groups is 1. The number of carbonyl (C=O) groups excluding carboxylic acids is 1. The number of hydrogen-bond acceptors (Lipinski definition) is 6. The van der Waals surface area contributed by atoms with E-state index in [0.29, 0.717) is 0 Å². The van der Waals surface area contributed by atoms with Gasteiger partial charge in [-0.1, -0.05) is 0 Å². The van der Waals surface area contributed by atoms with Gasteiger partial charge in [0, 0.05) is 19.2 Å². The Labute approximate surface area is 150 Å². The minimum Gasteiger partial charge on any atom is -0.484 e. The zero-order valence-electron chi connectivity index (χ0n) is 13.8. The summed E-state index contributed by atoms with van der Waals surface area (Å²) in [6, 6.07) is 2.72. The summed E-state index contributed by atoms with van der Waals surface area (Å²) in [4.78, 5) is 34.9. The number of hydrogen-bond donors (Lipinski definition) is 1. The molecule has 1 atom stereocenters. The third kappa shape index (κ3) is 5.81. The van der Waals surface area contributed by atoms with Gasteiger partial charge < -0.3 is 19.5 Å². The molecule has 0 saturated carbocycles. The zero-order valence-corrected chi connectivity index (χ0v) is 13.8. The molecular formula is C15H15F3N2O7. The maximum absolute atomic E-state index is 12.7. The summed E-state index contributed by atoms with van der Waals surface area (Å²) in [5, 5.41) is 20.0. The Morgan fingerprint density at radius 3 is 2.70 bits per heavy atom. The standard InChI is InChI=1S/C15H15F3N2O7/c16-15(17,18)8-27-9-1-2-12(20(24)25)11(5-9)14(23)19-3-4-26-10(7-19)6-13(21)22/h1-2,5,10H,3-4,6-8H2,(H,21,22). The van der Waals surface area contributed by atoms with Crippen molar-refractivity contribution in [3.63, 3.8) is 0 Å². The molecule has 1 unspecified atom stereocenters. The average Bonchev–Trinajstić information content (AvgIpc) is 2.58. The minimum absolute atomic E-state index is 0.0295. The molecule has 1 N–H and O–H groups in total. The monoisotopic (exact) mass is 392 g/mol. The van der Waals surface area contributed by atoms with E-state index in [1.54, 1.807) is 0 Å². The maximum Gasteiger partial charge on any atom is 0.422 e. The quantitative estimate of drug-likeness (QED) is 0.580. The Morgan fingerprint density at radius 2 is 2.11 bits per heavy atom. The Bertz CT molecular complexity index is 739. The highest BCUT2D eigenvalue weighted by Crippen LogP contribution is 2.27. The van der Waals surface area contributed by atoms with E-state index >= 15 is 0 Å². The van der Waals surface area contributed by atoms with Gasteiger partial charge in [0.2, 0.25) is 0 Å². The summed E-state index contributed by atoms with van der Waals surface area (Å²) < 4.78 is 46.6. The number of ether oxygens (including phenoxy) is 2. The lowest BCUT2D eigenvalue weighted by molar-refractivity contribution is -0.385. The normalized spacial score (nSPS) is 17.4. The van der Waals surface area contributed by atoms with Crippen LogP contribution >= 0.6 is 0 Å². The maximum atomic E-state index is 12.7. The predicted octanol–water partition coefficient (Wildman–Crippen LogP) is 1.85. The third-order valence-corrected chi connectivity index (χ3v) is 3.63.